The fourth-order valence-electron chi connectivity index (χ4n) is 5.69. The lowest BCUT2D eigenvalue weighted by Crippen LogP contribution is -2.28. The lowest BCUT2D eigenvalue weighted by atomic mass is 10.0. The van der Waals surface area contributed by atoms with E-state index in [2.05, 4.69) is 50.3 Å². The Morgan fingerprint density at radius 1 is 0.511 bits per heavy atom. The van der Waals surface area contributed by atoms with Gasteiger partial charge in [0.05, 0.1) is 6.61 Å². The molecular weight excluding hydrogens is 584 g/mol. The molecule has 0 aliphatic heterocycles. The van der Waals surface area contributed by atoms with E-state index < -0.39 is 6.10 Å². The molecule has 5 nitrogen and oxygen atoms in total. The minimum absolute atomic E-state index is 0.0750. The second-order valence-electron chi connectivity index (χ2n) is 13.3. The molecule has 274 valence electrons. The molecule has 0 aromatic carbocycles. The van der Waals surface area contributed by atoms with Crippen LogP contribution in [-0.2, 0) is 19.1 Å². The van der Waals surface area contributed by atoms with Crippen LogP contribution >= 0.6 is 0 Å². The van der Waals surface area contributed by atoms with Crippen molar-refractivity contribution in [3.8, 4) is 0 Å². The largest absolute Gasteiger partial charge is 0.462 e. The van der Waals surface area contributed by atoms with E-state index in [-0.39, 0.29) is 25.2 Å². The molecule has 0 bridgehead atoms. The summed E-state index contributed by atoms with van der Waals surface area (Å²) in [5.41, 5.74) is 0. The minimum atomic E-state index is -0.783. The maximum Gasteiger partial charge on any atom is 0.306 e. The monoisotopic (exact) mass is 661 g/mol. The molecule has 0 fully saturated rings. The highest BCUT2D eigenvalue weighted by atomic mass is 16.6. The maximum absolute atomic E-state index is 12.1. The van der Waals surface area contributed by atoms with Gasteiger partial charge in [0.1, 0.15) is 6.61 Å². The first kappa shape index (κ1) is 45.1. The molecule has 1 unspecified atom stereocenters. The number of ether oxygens (including phenoxy) is 2. The molecule has 0 radical (unpaired) electrons. The molecule has 0 aliphatic rings. The van der Waals surface area contributed by atoms with Crippen LogP contribution in [0.15, 0.2) is 36.5 Å². The van der Waals surface area contributed by atoms with Crippen molar-refractivity contribution in [3.63, 3.8) is 0 Å². The third-order valence-corrected chi connectivity index (χ3v) is 8.70. The van der Waals surface area contributed by atoms with Crippen LogP contribution in [-0.4, -0.2) is 36.4 Å². The number of allylic oxidation sites excluding steroid dienone is 6. The molecule has 0 aromatic heterocycles. The molecule has 0 aliphatic carbocycles. The highest BCUT2D eigenvalue weighted by molar-refractivity contribution is 5.70. The van der Waals surface area contributed by atoms with Crippen molar-refractivity contribution in [3.05, 3.63) is 36.5 Å². The van der Waals surface area contributed by atoms with Crippen molar-refractivity contribution in [1.82, 2.24) is 0 Å². The molecule has 1 N–H and O–H groups in total. The number of hydrogen-bond donors (Lipinski definition) is 1. The van der Waals surface area contributed by atoms with Gasteiger partial charge in [-0.05, 0) is 44.9 Å². The third-order valence-electron chi connectivity index (χ3n) is 8.70. The number of aliphatic hydroxyl groups excluding tert-OH is 1. The van der Waals surface area contributed by atoms with Crippen LogP contribution in [0, 0.1) is 0 Å². The number of aliphatic hydroxyl groups is 1. The van der Waals surface area contributed by atoms with Gasteiger partial charge in [-0.25, -0.2) is 0 Å². The van der Waals surface area contributed by atoms with E-state index in [9.17, 15) is 14.7 Å². The van der Waals surface area contributed by atoms with Gasteiger partial charge in [-0.3, -0.25) is 9.59 Å². The molecule has 0 amide bonds. The summed E-state index contributed by atoms with van der Waals surface area (Å²) < 4.78 is 10.6. The normalized spacial score (nSPS) is 12.5. The second kappa shape index (κ2) is 38.6. The van der Waals surface area contributed by atoms with Gasteiger partial charge in [0.2, 0.25) is 0 Å². The van der Waals surface area contributed by atoms with Crippen LogP contribution in [0.1, 0.15) is 200 Å². The lowest BCUT2D eigenvalue weighted by molar-refractivity contribution is -0.161. The zero-order chi connectivity index (χ0) is 34.3. The number of unbranched alkanes of at least 4 members (excludes halogenated alkanes) is 22. The van der Waals surface area contributed by atoms with Crippen molar-refractivity contribution >= 4 is 11.9 Å². The Morgan fingerprint density at radius 2 is 0.915 bits per heavy atom. The van der Waals surface area contributed by atoms with Gasteiger partial charge in [-0.1, -0.05) is 179 Å². The van der Waals surface area contributed by atoms with Crippen LogP contribution in [0.5, 0.6) is 0 Å². The molecule has 0 saturated heterocycles. The lowest BCUT2D eigenvalue weighted by Gasteiger charge is -2.15. The van der Waals surface area contributed by atoms with Gasteiger partial charge in [-0.2, -0.15) is 0 Å². The molecule has 0 heterocycles. The van der Waals surface area contributed by atoms with Gasteiger partial charge >= 0.3 is 11.9 Å². The highest BCUT2D eigenvalue weighted by Crippen LogP contribution is 2.15. The Bertz CT molecular complexity index is 756. The standard InChI is InChI=1S/C42H76O5/c1-3-5-7-9-11-13-15-17-18-19-20-21-22-23-25-26-28-30-32-34-36-41(44)46-39-40(38-43)47-42(45)37-35-33-31-29-27-24-16-14-12-10-8-6-4-2/h6,8,12,14,24,27,40,43H,3-5,7,9-11,13,15-23,25-26,28-39H2,1-2H3/b8-6-,14-12-,27-24-. The van der Waals surface area contributed by atoms with E-state index in [4.69, 9.17) is 9.47 Å². The van der Waals surface area contributed by atoms with Gasteiger partial charge in [0, 0.05) is 12.8 Å². The molecule has 1 atom stereocenters. The van der Waals surface area contributed by atoms with Gasteiger partial charge in [-0.15, -0.1) is 0 Å². The number of esters is 2. The fourth-order valence-corrected chi connectivity index (χ4v) is 5.69. The zero-order valence-corrected chi connectivity index (χ0v) is 31.0. The third kappa shape index (κ3) is 36.8. The van der Waals surface area contributed by atoms with Crippen LogP contribution < -0.4 is 0 Å². The zero-order valence-electron chi connectivity index (χ0n) is 31.0. The number of hydrogen-bond acceptors (Lipinski definition) is 5. The van der Waals surface area contributed by atoms with Crippen LogP contribution in [0.3, 0.4) is 0 Å². The Morgan fingerprint density at radius 3 is 1.38 bits per heavy atom. The van der Waals surface area contributed by atoms with E-state index in [0.29, 0.717) is 12.8 Å². The van der Waals surface area contributed by atoms with Crippen LogP contribution in [0.4, 0.5) is 0 Å². The van der Waals surface area contributed by atoms with Crippen molar-refractivity contribution in [2.24, 2.45) is 0 Å². The van der Waals surface area contributed by atoms with Gasteiger partial charge in [0.15, 0.2) is 6.10 Å². The first-order valence-electron chi connectivity index (χ1n) is 20.0. The van der Waals surface area contributed by atoms with Crippen molar-refractivity contribution < 1.29 is 24.2 Å². The van der Waals surface area contributed by atoms with E-state index in [0.717, 1.165) is 64.2 Å². The number of rotatable bonds is 36. The van der Waals surface area contributed by atoms with E-state index in [1.807, 2.05) is 0 Å². The second-order valence-corrected chi connectivity index (χ2v) is 13.3. The summed E-state index contributed by atoms with van der Waals surface area (Å²) in [6.07, 6.45) is 46.4. The summed E-state index contributed by atoms with van der Waals surface area (Å²) in [4.78, 5) is 24.2. The number of carbonyl (C=O) groups is 2. The van der Waals surface area contributed by atoms with Crippen LogP contribution in [0.25, 0.3) is 0 Å². The summed E-state index contributed by atoms with van der Waals surface area (Å²) in [5, 5.41) is 9.54. The Balaban J connectivity index is 3.53. The smallest absolute Gasteiger partial charge is 0.306 e. The average Bonchev–Trinajstić information content (AvgIpc) is 3.07. The SMILES string of the molecule is CC/C=C\C/C=C\C/C=C\CCCCCC(=O)OC(CO)COC(=O)CCCCCCCCCCCCCCCCCCCCCC. The fraction of sp³-hybridized carbons (Fsp3) is 0.810. The topological polar surface area (TPSA) is 72.8 Å². The molecule has 0 spiro atoms. The predicted molar refractivity (Wildman–Crippen MR) is 201 cm³/mol. The van der Waals surface area contributed by atoms with Crippen molar-refractivity contribution in [2.75, 3.05) is 13.2 Å². The molecule has 0 aromatic rings. The number of carbonyl (C=O) groups excluding carboxylic acids is 2. The summed E-state index contributed by atoms with van der Waals surface area (Å²) >= 11 is 0. The average molecular weight is 661 g/mol. The van der Waals surface area contributed by atoms with E-state index in [1.54, 1.807) is 0 Å². The Labute approximate surface area is 291 Å². The van der Waals surface area contributed by atoms with E-state index in [1.165, 1.54) is 109 Å². The maximum atomic E-state index is 12.1. The Kier molecular flexibility index (Phi) is 37.0. The van der Waals surface area contributed by atoms with Gasteiger partial charge in [0.25, 0.3) is 0 Å². The van der Waals surface area contributed by atoms with Gasteiger partial charge < -0.3 is 14.6 Å². The highest BCUT2D eigenvalue weighted by Gasteiger charge is 2.16. The summed E-state index contributed by atoms with van der Waals surface area (Å²) in [5.74, 6) is -0.620. The molecule has 0 saturated carbocycles. The molecular formula is C42H76O5. The molecule has 47 heavy (non-hydrogen) atoms. The molecule has 5 heteroatoms. The molecule has 0 rings (SSSR count). The van der Waals surface area contributed by atoms with Crippen molar-refractivity contribution in [2.45, 2.75) is 206 Å². The van der Waals surface area contributed by atoms with E-state index >= 15 is 0 Å². The Hall–Kier alpha value is -1.88. The summed E-state index contributed by atoms with van der Waals surface area (Å²) in [6.45, 7) is 4.01. The quantitative estimate of drug-likeness (QED) is 0.0411. The first-order chi connectivity index (χ1) is 23.1. The minimum Gasteiger partial charge on any atom is -0.462 e. The first-order valence-corrected chi connectivity index (χ1v) is 20.0. The van der Waals surface area contributed by atoms with Crippen molar-refractivity contribution in [1.29, 1.82) is 0 Å². The summed E-state index contributed by atoms with van der Waals surface area (Å²) in [6, 6.07) is 0. The van der Waals surface area contributed by atoms with Crippen LogP contribution in [0.2, 0.25) is 0 Å². The summed E-state index contributed by atoms with van der Waals surface area (Å²) in [7, 11) is 0. The predicted octanol–water partition coefficient (Wildman–Crippen LogP) is 12.5.